The molecule has 8 nitrogen and oxygen atoms in total. The van der Waals surface area contributed by atoms with E-state index in [9.17, 15) is 23.2 Å². The van der Waals surface area contributed by atoms with Gasteiger partial charge in [0.25, 0.3) is 0 Å². The molecule has 10 heteroatoms. The summed E-state index contributed by atoms with van der Waals surface area (Å²) in [6.07, 6.45) is 0.878. The summed E-state index contributed by atoms with van der Waals surface area (Å²) >= 11 is 0. The zero-order chi connectivity index (χ0) is 27.2. The lowest BCUT2D eigenvalue weighted by Crippen LogP contribution is -2.49. The van der Waals surface area contributed by atoms with Crippen LogP contribution >= 0.6 is 0 Å². The van der Waals surface area contributed by atoms with E-state index in [1.54, 1.807) is 23.1 Å². The standard InChI is InChI=1S/C28H29F2N5O3/c1-17(2)31-27(37)32-22-8-5-6-18(12-22)16-35-25-9-4-3-7-19(25)10-11-24(26(35)36)34-28(38)33-23-14-20(29)13-21(30)15-23/h3-9,12-15,17,24H,10-11,16H2,1-2H3,(H2,31,32,37)(H2,33,34,38). The van der Waals surface area contributed by atoms with Gasteiger partial charge in [0.15, 0.2) is 0 Å². The van der Waals surface area contributed by atoms with E-state index in [0.29, 0.717) is 24.6 Å². The number of benzene rings is 3. The molecule has 1 aliphatic heterocycles. The number of rotatable bonds is 6. The number of carbonyl (C=O) groups is 3. The van der Waals surface area contributed by atoms with Gasteiger partial charge in [-0.3, -0.25) is 4.79 Å². The van der Waals surface area contributed by atoms with Gasteiger partial charge in [-0.25, -0.2) is 18.4 Å². The van der Waals surface area contributed by atoms with Crippen molar-refractivity contribution in [2.45, 2.75) is 45.3 Å². The van der Waals surface area contributed by atoms with Crippen LogP contribution in [-0.2, 0) is 17.8 Å². The van der Waals surface area contributed by atoms with Gasteiger partial charge in [-0.15, -0.1) is 0 Å². The SMILES string of the molecule is CC(C)NC(=O)Nc1cccc(CN2C(=O)C(NC(=O)Nc3cc(F)cc(F)c3)CCc3ccccc32)c1. The molecule has 0 fully saturated rings. The van der Waals surface area contributed by atoms with Crippen molar-refractivity contribution in [1.29, 1.82) is 0 Å². The van der Waals surface area contributed by atoms with Crippen LogP contribution in [0, 0.1) is 11.6 Å². The van der Waals surface area contributed by atoms with E-state index >= 15 is 0 Å². The normalized spacial score (nSPS) is 14.9. The second kappa shape index (κ2) is 11.7. The zero-order valence-corrected chi connectivity index (χ0v) is 21.1. The van der Waals surface area contributed by atoms with Crippen LogP contribution in [-0.4, -0.2) is 30.1 Å². The van der Waals surface area contributed by atoms with Crippen molar-refractivity contribution in [3.8, 4) is 0 Å². The number of carbonyl (C=O) groups excluding carboxylic acids is 3. The molecule has 1 aliphatic rings. The number of anilines is 3. The Balaban J connectivity index is 1.53. The summed E-state index contributed by atoms with van der Waals surface area (Å²) in [5.74, 6) is -1.98. The molecule has 1 unspecified atom stereocenters. The molecule has 1 atom stereocenters. The molecule has 0 aliphatic carbocycles. The summed E-state index contributed by atoms with van der Waals surface area (Å²) in [7, 11) is 0. The fourth-order valence-electron chi connectivity index (χ4n) is 4.32. The van der Waals surface area contributed by atoms with Crippen LogP contribution in [0.3, 0.4) is 0 Å². The van der Waals surface area contributed by atoms with Gasteiger partial charge in [0.2, 0.25) is 5.91 Å². The first-order valence-electron chi connectivity index (χ1n) is 12.3. The predicted molar refractivity (Wildman–Crippen MR) is 142 cm³/mol. The molecule has 4 rings (SSSR count). The average Bonchev–Trinajstić information content (AvgIpc) is 2.95. The maximum Gasteiger partial charge on any atom is 0.319 e. The number of hydrogen-bond acceptors (Lipinski definition) is 3. The largest absolute Gasteiger partial charge is 0.336 e. The second-order valence-electron chi connectivity index (χ2n) is 9.35. The predicted octanol–water partition coefficient (Wildman–Crippen LogP) is 5.16. The van der Waals surface area contributed by atoms with Gasteiger partial charge in [0, 0.05) is 29.2 Å². The topological polar surface area (TPSA) is 103 Å². The number of fused-ring (bicyclic) bond motifs is 1. The van der Waals surface area contributed by atoms with Gasteiger partial charge in [0.1, 0.15) is 17.7 Å². The Morgan fingerprint density at radius 2 is 1.63 bits per heavy atom. The highest BCUT2D eigenvalue weighted by atomic mass is 19.1. The van der Waals surface area contributed by atoms with E-state index in [1.807, 2.05) is 44.2 Å². The number of hydrogen-bond donors (Lipinski definition) is 4. The smallest absolute Gasteiger partial charge is 0.319 e. The number of para-hydroxylation sites is 1. The average molecular weight is 522 g/mol. The quantitative estimate of drug-likeness (QED) is 0.360. The van der Waals surface area contributed by atoms with E-state index in [4.69, 9.17) is 0 Å². The Morgan fingerprint density at radius 1 is 0.921 bits per heavy atom. The highest BCUT2D eigenvalue weighted by Crippen LogP contribution is 2.29. The summed E-state index contributed by atoms with van der Waals surface area (Å²) in [6, 6.07) is 15.4. The van der Waals surface area contributed by atoms with Crippen LogP contribution in [0.5, 0.6) is 0 Å². The monoisotopic (exact) mass is 521 g/mol. The van der Waals surface area contributed by atoms with E-state index in [-0.39, 0.29) is 30.2 Å². The molecule has 3 aromatic rings. The van der Waals surface area contributed by atoms with E-state index in [2.05, 4.69) is 21.3 Å². The Morgan fingerprint density at radius 3 is 2.37 bits per heavy atom. The van der Waals surface area contributed by atoms with Gasteiger partial charge >= 0.3 is 12.1 Å². The summed E-state index contributed by atoms with van der Waals surface area (Å²) < 4.78 is 27.0. The molecule has 1 heterocycles. The maximum atomic E-state index is 13.7. The van der Waals surface area contributed by atoms with Crippen molar-refractivity contribution in [2.24, 2.45) is 0 Å². The minimum absolute atomic E-state index is 0.0222. The lowest BCUT2D eigenvalue weighted by atomic mass is 10.1. The minimum Gasteiger partial charge on any atom is -0.336 e. The summed E-state index contributed by atoms with van der Waals surface area (Å²) in [5.41, 5.74) is 2.96. The van der Waals surface area contributed by atoms with E-state index in [1.165, 1.54) is 0 Å². The molecule has 0 aromatic heterocycles. The van der Waals surface area contributed by atoms with Crippen LogP contribution < -0.4 is 26.2 Å². The second-order valence-corrected chi connectivity index (χ2v) is 9.35. The van der Waals surface area contributed by atoms with E-state index < -0.39 is 23.7 Å². The molecule has 0 saturated carbocycles. The number of halogens is 2. The molecule has 38 heavy (non-hydrogen) atoms. The summed E-state index contributed by atoms with van der Waals surface area (Å²) in [4.78, 5) is 40.0. The van der Waals surface area contributed by atoms with Crippen LogP contribution in [0.2, 0.25) is 0 Å². The van der Waals surface area contributed by atoms with Gasteiger partial charge in [0.05, 0.1) is 6.54 Å². The molecule has 0 saturated heterocycles. The van der Waals surface area contributed by atoms with Gasteiger partial charge < -0.3 is 26.2 Å². The van der Waals surface area contributed by atoms with Crippen LogP contribution in [0.25, 0.3) is 0 Å². The van der Waals surface area contributed by atoms with Crippen LogP contribution in [0.4, 0.5) is 35.4 Å². The van der Waals surface area contributed by atoms with Crippen molar-refractivity contribution >= 4 is 35.0 Å². The van der Waals surface area contributed by atoms with Crippen LogP contribution in [0.1, 0.15) is 31.4 Å². The van der Waals surface area contributed by atoms with E-state index in [0.717, 1.165) is 28.9 Å². The Labute approximate surface area is 219 Å². The van der Waals surface area contributed by atoms with Gasteiger partial charge in [-0.05, 0) is 68.1 Å². The highest BCUT2D eigenvalue weighted by Gasteiger charge is 2.31. The van der Waals surface area contributed by atoms with Crippen molar-refractivity contribution in [2.75, 3.05) is 15.5 Å². The summed E-state index contributed by atoms with van der Waals surface area (Å²) in [6.45, 7) is 3.92. The van der Waals surface area contributed by atoms with Crippen molar-refractivity contribution in [3.63, 3.8) is 0 Å². The highest BCUT2D eigenvalue weighted by molar-refractivity contribution is 6.01. The third-order valence-electron chi connectivity index (χ3n) is 5.92. The lowest BCUT2D eigenvalue weighted by Gasteiger charge is -2.26. The Kier molecular flexibility index (Phi) is 8.20. The number of amides is 5. The molecule has 3 aromatic carbocycles. The molecule has 5 amide bonds. The fourth-order valence-corrected chi connectivity index (χ4v) is 4.32. The molecule has 0 bridgehead atoms. The summed E-state index contributed by atoms with van der Waals surface area (Å²) in [5, 5.41) is 10.6. The minimum atomic E-state index is -0.876. The lowest BCUT2D eigenvalue weighted by molar-refractivity contribution is -0.120. The first-order valence-corrected chi connectivity index (χ1v) is 12.3. The zero-order valence-electron chi connectivity index (χ0n) is 21.1. The Hall–Kier alpha value is -4.47. The van der Waals surface area contributed by atoms with Crippen molar-refractivity contribution in [1.82, 2.24) is 10.6 Å². The Bertz CT molecular complexity index is 1330. The van der Waals surface area contributed by atoms with Crippen LogP contribution in [0.15, 0.2) is 66.7 Å². The first kappa shape index (κ1) is 26.6. The third-order valence-corrected chi connectivity index (χ3v) is 5.92. The number of nitrogens with zero attached hydrogens (tertiary/aromatic N) is 1. The van der Waals surface area contributed by atoms with Crippen molar-refractivity contribution in [3.05, 3.63) is 89.5 Å². The maximum absolute atomic E-state index is 13.7. The first-order chi connectivity index (χ1) is 18.2. The number of aryl methyl sites for hydroxylation is 1. The molecule has 198 valence electrons. The molecular weight excluding hydrogens is 492 g/mol. The van der Waals surface area contributed by atoms with Gasteiger partial charge in [-0.1, -0.05) is 30.3 Å². The number of urea groups is 2. The molecule has 0 spiro atoms. The molecular formula is C28H29F2N5O3. The molecule has 4 N–H and O–H groups in total. The fraction of sp³-hybridized carbons (Fsp3) is 0.250. The third kappa shape index (κ3) is 6.84. The number of nitrogens with one attached hydrogen (secondary N) is 4. The van der Waals surface area contributed by atoms with Crippen molar-refractivity contribution < 1.29 is 23.2 Å². The van der Waals surface area contributed by atoms with Gasteiger partial charge in [-0.2, -0.15) is 0 Å². The molecule has 0 radical (unpaired) electrons.